The minimum atomic E-state index is -0.578. The van der Waals surface area contributed by atoms with Crippen LogP contribution in [0.3, 0.4) is 0 Å². The molecule has 0 aliphatic rings. The lowest BCUT2D eigenvalue weighted by Gasteiger charge is -2.10. The molecule has 0 bridgehead atoms. The molecule has 0 amide bonds. The highest BCUT2D eigenvalue weighted by Crippen LogP contribution is 2.35. The highest BCUT2D eigenvalue weighted by molar-refractivity contribution is 9.10. The number of aromatic nitrogens is 2. The summed E-state index contributed by atoms with van der Waals surface area (Å²) in [6.45, 7) is 1.38. The number of nitro benzene ring substituents is 1. The van der Waals surface area contributed by atoms with E-state index in [4.69, 9.17) is 4.74 Å². The number of halogens is 1. The van der Waals surface area contributed by atoms with Crippen LogP contribution >= 0.6 is 15.9 Å². The zero-order valence-corrected chi connectivity index (χ0v) is 13.0. The number of hydrogen-bond acceptors (Lipinski definition) is 5. The van der Waals surface area contributed by atoms with E-state index in [1.54, 1.807) is 24.0 Å². The number of Topliss-reactive ketones (excluding diaryl/α,β-unsaturated/α-hetero) is 1. The Kier molecular flexibility index (Phi) is 4.37. The van der Waals surface area contributed by atoms with Crippen molar-refractivity contribution < 1.29 is 14.5 Å². The van der Waals surface area contributed by atoms with Crippen LogP contribution in [0, 0.1) is 10.1 Å². The molecule has 2 rings (SSSR count). The minimum Gasteiger partial charge on any atom is -0.480 e. The smallest absolute Gasteiger partial charge is 0.312 e. The standard InChI is InChI=1S/C13H12BrN3O4/c1-8(18)11-5-9(14)6-12(17(19)20)13(11)21-7-10-3-4-16(2)15-10/h3-6H,7H2,1-2H3. The number of benzene rings is 1. The number of nitrogens with zero attached hydrogens (tertiary/aromatic N) is 3. The monoisotopic (exact) mass is 353 g/mol. The second-order valence-electron chi connectivity index (χ2n) is 4.38. The molecule has 8 heteroatoms. The number of hydrogen-bond donors (Lipinski definition) is 0. The third-order valence-corrected chi connectivity index (χ3v) is 3.20. The summed E-state index contributed by atoms with van der Waals surface area (Å²) in [5.74, 6) is -0.350. The van der Waals surface area contributed by atoms with Gasteiger partial charge in [-0.15, -0.1) is 0 Å². The summed E-state index contributed by atoms with van der Waals surface area (Å²) in [6, 6.07) is 4.54. The van der Waals surface area contributed by atoms with Crippen molar-refractivity contribution in [1.82, 2.24) is 9.78 Å². The van der Waals surface area contributed by atoms with Crippen LogP contribution in [0.5, 0.6) is 5.75 Å². The summed E-state index contributed by atoms with van der Waals surface area (Å²) in [5, 5.41) is 15.3. The van der Waals surface area contributed by atoms with E-state index in [-0.39, 0.29) is 29.4 Å². The second kappa shape index (κ2) is 6.04. The van der Waals surface area contributed by atoms with Crippen LogP contribution in [-0.2, 0) is 13.7 Å². The van der Waals surface area contributed by atoms with Crippen LogP contribution in [0.25, 0.3) is 0 Å². The zero-order chi connectivity index (χ0) is 15.6. The van der Waals surface area contributed by atoms with Gasteiger partial charge in [0.2, 0.25) is 5.75 Å². The van der Waals surface area contributed by atoms with Gasteiger partial charge in [-0.2, -0.15) is 5.10 Å². The van der Waals surface area contributed by atoms with Gasteiger partial charge in [0, 0.05) is 23.8 Å². The Morgan fingerprint density at radius 3 is 2.76 bits per heavy atom. The third-order valence-electron chi connectivity index (χ3n) is 2.74. The van der Waals surface area contributed by atoms with Crippen molar-refractivity contribution in [3.8, 4) is 5.75 Å². The summed E-state index contributed by atoms with van der Waals surface area (Å²) in [6.07, 6.45) is 1.74. The Hall–Kier alpha value is -2.22. The molecular weight excluding hydrogens is 342 g/mol. The molecule has 0 saturated carbocycles. The second-order valence-corrected chi connectivity index (χ2v) is 5.30. The molecule has 0 saturated heterocycles. The maximum atomic E-state index is 11.7. The Bertz CT molecular complexity index is 676. The summed E-state index contributed by atoms with van der Waals surface area (Å²) in [5.41, 5.74) is 0.515. The van der Waals surface area contributed by atoms with Gasteiger partial charge in [0.25, 0.3) is 0 Å². The molecular formula is C13H12BrN3O4. The molecule has 0 fully saturated rings. The van der Waals surface area contributed by atoms with Gasteiger partial charge in [-0.25, -0.2) is 0 Å². The molecule has 1 aromatic carbocycles. The molecule has 2 aromatic rings. The number of ketones is 1. The van der Waals surface area contributed by atoms with Crippen molar-refractivity contribution in [3.63, 3.8) is 0 Å². The topological polar surface area (TPSA) is 87.3 Å². The van der Waals surface area contributed by atoms with Crippen molar-refractivity contribution in [1.29, 1.82) is 0 Å². The molecule has 21 heavy (non-hydrogen) atoms. The molecule has 0 spiro atoms. The van der Waals surface area contributed by atoms with Crippen LogP contribution in [0.15, 0.2) is 28.9 Å². The first-order valence-corrected chi connectivity index (χ1v) is 6.78. The van der Waals surface area contributed by atoms with Crippen molar-refractivity contribution in [2.75, 3.05) is 0 Å². The van der Waals surface area contributed by atoms with Gasteiger partial charge < -0.3 is 4.74 Å². The van der Waals surface area contributed by atoms with Crippen LogP contribution in [0.1, 0.15) is 23.0 Å². The molecule has 1 heterocycles. The van der Waals surface area contributed by atoms with Crippen molar-refractivity contribution in [2.24, 2.45) is 7.05 Å². The average Bonchev–Trinajstić information content (AvgIpc) is 2.81. The van der Waals surface area contributed by atoms with E-state index >= 15 is 0 Å². The third kappa shape index (κ3) is 3.46. The zero-order valence-electron chi connectivity index (χ0n) is 11.4. The van der Waals surface area contributed by atoms with Gasteiger partial charge in [-0.3, -0.25) is 19.6 Å². The lowest BCUT2D eigenvalue weighted by Crippen LogP contribution is -2.06. The van der Waals surface area contributed by atoms with Gasteiger partial charge in [-0.1, -0.05) is 15.9 Å². The fourth-order valence-electron chi connectivity index (χ4n) is 1.81. The molecule has 0 unspecified atom stereocenters. The molecule has 110 valence electrons. The van der Waals surface area contributed by atoms with E-state index in [9.17, 15) is 14.9 Å². The molecule has 1 aromatic heterocycles. The van der Waals surface area contributed by atoms with E-state index in [1.807, 2.05) is 0 Å². The number of rotatable bonds is 5. The first kappa shape index (κ1) is 15.2. The Morgan fingerprint density at radius 2 is 2.24 bits per heavy atom. The highest BCUT2D eigenvalue weighted by Gasteiger charge is 2.23. The van der Waals surface area contributed by atoms with Crippen LogP contribution in [0.2, 0.25) is 0 Å². The van der Waals surface area contributed by atoms with Gasteiger partial charge >= 0.3 is 5.69 Å². The van der Waals surface area contributed by atoms with Crippen LogP contribution in [0.4, 0.5) is 5.69 Å². The normalized spacial score (nSPS) is 10.4. The van der Waals surface area contributed by atoms with Crippen molar-refractivity contribution in [3.05, 3.63) is 50.2 Å². The van der Waals surface area contributed by atoms with Gasteiger partial charge in [0.05, 0.1) is 16.2 Å². The number of carbonyl (C=O) groups is 1. The first-order valence-electron chi connectivity index (χ1n) is 5.98. The lowest BCUT2D eigenvalue weighted by atomic mass is 10.1. The van der Waals surface area contributed by atoms with E-state index in [0.717, 1.165) is 0 Å². The Morgan fingerprint density at radius 1 is 1.52 bits per heavy atom. The summed E-state index contributed by atoms with van der Waals surface area (Å²) in [7, 11) is 1.76. The molecule has 0 radical (unpaired) electrons. The van der Waals surface area contributed by atoms with Crippen molar-refractivity contribution in [2.45, 2.75) is 13.5 Å². The molecule has 0 aliphatic heterocycles. The van der Waals surface area contributed by atoms with Gasteiger partial charge in [-0.05, 0) is 19.1 Å². The Balaban J connectivity index is 2.39. The number of carbonyl (C=O) groups excluding carboxylic acids is 1. The molecule has 0 aliphatic carbocycles. The highest BCUT2D eigenvalue weighted by atomic mass is 79.9. The quantitative estimate of drug-likeness (QED) is 0.468. The SMILES string of the molecule is CC(=O)c1cc(Br)cc([N+](=O)[O-])c1OCc1ccn(C)n1. The van der Waals surface area contributed by atoms with Crippen LogP contribution in [-0.4, -0.2) is 20.5 Å². The van der Waals surface area contributed by atoms with E-state index < -0.39 is 4.92 Å². The van der Waals surface area contributed by atoms with Gasteiger partial charge in [0.1, 0.15) is 6.61 Å². The van der Waals surface area contributed by atoms with E-state index in [1.165, 1.54) is 19.1 Å². The average molecular weight is 354 g/mol. The minimum absolute atomic E-state index is 0.0404. The predicted octanol–water partition coefficient (Wildman–Crippen LogP) is 2.87. The predicted molar refractivity (Wildman–Crippen MR) is 78.3 cm³/mol. The summed E-state index contributed by atoms with van der Waals surface area (Å²) < 4.78 is 7.53. The summed E-state index contributed by atoms with van der Waals surface area (Å²) in [4.78, 5) is 22.2. The molecule has 0 atom stereocenters. The van der Waals surface area contributed by atoms with E-state index in [2.05, 4.69) is 21.0 Å². The number of nitro groups is 1. The number of ether oxygens (including phenoxy) is 1. The summed E-state index contributed by atoms with van der Waals surface area (Å²) >= 11 is 3.16. The maximum absolute atomic E-state index is 11.7. The van der Waals surface area contributed by atoms with Gasteiger partial charge in [0.15, 0.2) is 5.78 Å². The lowest BCUT2D eigenvalue weighted by molar-refractivity contribution is -0.386. The molecule has 0 N–H and O–H groups in total. The van der Waals surface area contributed by atoms with Crippen LogP contribution < -0.4 is 4.74 Å². The Labute approximate surface area is 128 Å². The largest absolute Gasteiger partial charge is 0.480 e. The fourth-order valence-corrected chi connectivity index (χ4v) is 2.26. The maximum Gasteiger partial charge on any atom is 0.312 e. The molecule has 7 nitrogen and oxygen atoms in total. The van der Waals surface area contributed by atoms with Crippen molar-refractivity contribution >= 4 is 27.4 Å². The number of aryl methyl sites for hydroxylation is 1. The van der Waals surface area contributed by atoms with E-state index in [0.29, 0.717) is 10.2 Å². The first-order chi connectivity index (χ1) is 9.88. The fraction of sp³-hybridized carbons (Fsp3) is 0.231.